The Labute approximate surface area is 83.2 Å². The molecular formula is C7H4Cl2FNO2. The smallest absolute Gasteiger partial charge is 0.229 e. The number of nitrogens with zero attached hydrogens (tertiary/aromatic N) is 1. The van der Waals surface area contributed by atoms with Gasteiger partial charge in [-0.2, -0.15) is 0 Å². The van der Waals surface area contributed by atoms with Crippen molar-refractivity contribution < 1.29 is 9.31 Å². The van der Waals surface area contributed by atoms with Crippen LogP contribution in [0, 0.1) is 15.9 Å². The second kappa shape index (κ2) is 3.89. The lowest BCUT2D eigenvalue weighted by molar-refractivity contribution is -0.496. The van der Waals surface area contributed by atoms with E-state index in [0.717, 1.165) is 0 Å². The topological polar surface area (TPSA) is 43.1 Å². The number of hydrogen-bond donors (Lipinski definition) is 0. The van der Waals surface area contributed by atoms with Crippen molar-refractivity contribution in [2.24, 2.45) is 0 Å². The van der Waals surface area contributed by atoms with Gasteiger partial charge in [-0.3, -0.25) is 10.1 Å². The molecule has 0 unspecified atom stereocenters. The fraction of sp³-hybridized carbons (Fsp3) is 0.143. The highest BCUT2D eigenvalue weighted by Crippen LogP contribution is 2.24. The lowest BCUT2D eigenvalue weighted by Crippen LogP contribution is -1.98. The van der Waals surface area contributed by atoms with Crippen LogP contribution in [0.1, 0.15) is 5.56 Å². The van der Waals surface area contributed by atoms with Gasteiger partial charge in [-0.1, -0.05) is 23.2 Å². The molecule has 0 N–H and O–H groups in total. The van der Waals surface area contributed by atoms with Gasteiger partial charge in [0.2, 0.25) is 6.54 Å². The molecule has 0 aromatic heterocycles. The van der Waals surface area contributed by atoms with Gasteiger partial charge in [-0.15, -0.1) is 0 Å². The van der Waals surface area contributed by atoms with Gasteiger partial charge in [0, 0.05) is 10.5 Å². The van der Waals surface area contributed by atoms with Crippen molar-refractivity contribution in [1.82, 2.24) is 0 Å². The molecule has 0 atom stereocenters. The van der Waals surface area contributed by atoms with Crippen LogP contribution >= 0.6 is 23.2 Å². The van der Waals surface area contributed by atoms with E-state index in [1.807, 2.05) is 0 Å². The zero-order valence-corrected chi connectivity index (χ0v) is 7.77. The second-order valence-electron chi connectivity index (χ2n) is 2.36. The Morgan fingerprint density at radius 3 is 2.23 bits per heavy atom. The summed E-state index contributed by atoms with van der Waals surface area (Å²) in [5, 5.41) is 9.69. The van der Waals surface area contributed by atoms with Crippen LogP contribution in [-0.2, 0) is 6.54 Å². The summed E-state index contributed by atoms with van der Waals surface area (Å²) in [5.41, 5.74) is 0.279. The van der Waals surface area contributed by atoms with Gasteiger partial charge in [0.15, 0.2) is 5.82 Å². The average Bonchev–Trinajstić information content (AvgIpc) is 1.98. The predicted octanol–water partition coefficient (Wildman–Crippen LogP) is 2.91. The third-order valence-corrected chi connectivity index (χ3v) is 1.91. The van der Waals surface area contributed by atoms with Crippen molar-refractivity contribution in [2.75, 3.05) is 0 Å². The molecule has 3 nitrogen and oxygen atoms in total. The molecule has 0 fully saturated rings. The van der Waals surface area contributed by atoms with Crippen molar-refractivity contribution in [3.05, 3.63) is 43.7 Å². The molecule has 0 radical (unpaired) electrons. The van der Waals surface area contributed by atoms with Gasteiger partial charge >= 0.3 is 0 Å². The molecule has 6 heteroatoms. The van der Waals surface area contributed by atoms with Crippen LogP contribution in [-0.4, -0.2) is 4.92 Å². The Morgan fingerprint density at radius 2 is 1.85 bits per heavy atom. The monoisotopic (exact) mass is 223 g/mol. The molecule has 0 aliphatic rings. The molecule has 1 rings (SSSR count). The summed E-state index contributed by atoms with van der Waals surface area (Å²) < 4.78 is 12.8. The number of nitro groups is 1. The van der Waals surface area contributed by atoms with Gasteiger partial charge in [0.05, 0.1) is 10.0 Å². The normalized spacial score (nSPS) is 10.1. The first kappa shape index (κ1) is 10.2. The fourth-order valence-electron chi connectivity index (χ4n) is 0.848. The van der Waals surface area contributed by atoms with E-state index in [0.29, 0.717) is 0 Å². The van der Waals surface area contributed by atoms with Gasteiger partial charge in [0.25, 0.3) is 0 Å². The minimum Gasteiger partial charge on any atom is -0.264 e. The maximum atomic E-state index is 12.8. The van der Waals surface area contributed by atoms with E-state index in [9.17, 15) is 14.5 Å². The Morgan fingerprint density at radius 1 is 1.38 bits per heavy atom. The number of halogens is 3. The quantitative estimate of drug-likeness (QED) is 0.440. The molecule has 0 bridgehead atoms. The third-order valence-electron chi connectivity index (χ3n) is 1.36. The molecule has 0 amide bonds. The highest BCUT2D eigenvalue weighted by atomic mass is 35.5. The summed E-state index contributed by atoms with van der Waals surface area (Å²) in [4.78, 5) is 9.56. The van der Waals surface area contributed by atoms with E-state index in [1.54, 1.807) is 0 Å². The third kappa shape index (κ3) is 2.54. The SMILES string of the molecule is O=[N+]([O-])Cc1cc(Cl)c(F)c(Cl)c1. The summed E-state index contributed by atoms with van der Waals surface area (Å²) in [5.74, 6) is -0.754. The predicted molar refractivity (Wildman–Crippen MR) is 47.1 cm³/mol. The van der Waals surface area contributed by atoms with Crippen LogP contribution in [0.25, 0.3) is 0 Å². The van der Waals surface area contributed by atoms with E-state index in [-0.39, 0.29) is 15.6 Å². The van der Waals surface area contributed by atoms with E-state index in [1.165, 1.54) is 12.1 Å². The van der Waals surface area contributed by atoms with Gasteiger partial charge < -0.3 is 0 Å². The lowest BCUT2D eigenvalue weighted by atomic mass is 10.2. The van der Waals surface area contributed by atoms with Crippen LogP contribution in [0.15, 0.2) is 12.1 Å². The first-order chi connectivity index (χ1) is 6.00. The molecule has 1 aromatic carbocycles. The van der Waals surface area contributed by atoms with Crippen molar-refractivity contribution >= 4 is 23.2 Å². The van der Waals surface area contributed by atoms with Crippen molar-refractivity contribution in [1.29, 1.82) is 0 Å². The zero-order valence-electron chi connectivity index (χ0n) is 6.26. The molecule has 0 aliphatic heterocycles. The number of benzene rings is 1. The first-order valence-corrected chi connectivity index (χ1v) is 4.01. The minimum absolute atomic E-state index is 0.204. The number of hydrogen-bond acceptors (Lipinski definition) is 2. The van der Waals surface area contributed by atoms with E-state index < -0.39 is 17.3 Å². The second-order valence-corrected chi connectivity index (χ2v) is 3.18. The zero-order chi connectivity index (χ0) is 10.0. The first-order valence-electron chi connectivity index (χ1n) is 3.26. The van der Waals surface area contributed by atoms with E-state index in [4.69, 9.17) is 23.2 Å². The highest BCUT2D eigenvalue weighted by molar-refractivity contribution is 6.34. The maximum absolute atomic E-state index is 12.8. The molecule has 1 aromatic rings. The van der Waals surface area contributed by atoms with Crippen LogP contribution < -0.4 is 0 Å². The van der Waals surface area contributed by atoms with Gasteiger partial charge in [-0.05, 0) is 12.1 Å². The summed E-state index contributed by atoms with van der Waals surface area (Å²) >= 11 is 10.8. The summed E-state index contributed by atoms with van der Waals surface area (Å²) in [7, 11) is 0. The summed E-state index contributed by atoms with van der Waals surface area (Å²) in [6.07, 6.45) is 0. The molecule has 13 heavy (non-hydrogen) atoms. The standard InChI is InChI=1S/C7H4Cl2FNO2/c8-5-1-4(3-11(12)13)2-6(9)7(5)10/h1-2H,3H2. The maximum Gasteiger partial charge on any atom is 0.229 e. The Hall–Kier alpha value is -0.870. The molecule has 0 aliphatic carbocycles. The van der Waals surface area contributed by atoms with Crippen LogP contribution in [0.5, 0.6) is 0 Å². The summed E-state index contributed by atoms with van der Waals surface area (Å²) in [6.45, 7) is -0.417. The van der Waals surface area contributed by atoms with E-state index in [2.05, 4.69) is 0 Å². The van der Waals surface area contributed by atoms with Gasteiger partial charge in [-0.25, -0.2) is 4.39 Å². The molecule has 0 heterocycles. The minimum atomic E-state index is -0.754. The number of rotatable bonds is 2. The largest absolute Gasteiger partial charge is 0.264 e. The lowest BCUT2D eigenvalue weighted by Gasteiger charge is -1.99. The Kier molecular flexibility index (Phi) is 3.06. The van der Waals surface area contributed by atoms with Crippen molar-refractivity contribution in [3.8, 4) is 0 Å². The Bertz CT molecular complexity index is 333. The highest BCUT2D eigenvalue weighted by Gasteiger charge is 2.10. The molecule has 0 saturated carbocycles. The van der Waals surface area contributed by atoms with Crippen LogP contribution in [0.2, 0.25) is 10.0 Å². The van der Waals surface area contributed by atoms with Crippen LogP contribution in [0.3, 0.4) is 0 Å². The average molecular weight is 224 g/mol. The molecule has 0 spiro atoms. The van der Waals surface area contributed by atoms with Crippen molar-refractivity contribution in [3.63, 3.8) is 0 Å². The Balaban J connectivity index is 3.06. The molecule has 70 valence electrons. The van der Waals surface area contributed by atoms with Crippen molar-refractivity contribution in [2.45, 2.75) is 6.54 Å². The van der Waals surface area contributed by atoms with Gasteiger partial charge in [0.1, 0.15) is 0 Å². The molecular weight excluding hydrogens is 220 g/mol. The van der Waals surface area contributed by atoms with Crippen LogP contribution in [0.4, 0.5) is 4.39 Å². The fourth-order valence-corrected chi connectivity index (χ4v) is 1.38. The molecule has 0 saturated heterocycles. The van der Waals surface area contributed by atoms with E-state index >= 15 is 0 Å². The summed E-state index contributed by atoms with van der Waals surface area (Å²) in [6, 6.07) is 2.37.